The van der Waals surface area contributed by atoms with Gasteiger partial charge in [-0.2, -0.15) is 0 Å². The van der Waals surface area contributed by atoms with E-state index in [4.69, 9.17) is 0 Å². The molecule has 3 aliphatic rings. The number of likely N-dealkylation sites (tertiary alicyclic amines) is 2. The van der Waals surface area contributed by atoms with Crippen LogP contribution in [0.2, 0.25) is 0 Å². The van der Waals surface area contributed by atoms with Gasteiger partial charge in [-0.05, 0) is 74.8 Å². The molecule has 4 rings (SSSR count). The van der Waals surface area contributed by atoms with Gasteiger partial charge in [0, 0.05) is 38.5 Å². The highest BCUT2D eigenvalue weighted by Crippen LogP contribution is 2.33. The molecule has 2 fully saturated rings. The van der Waals surface area contributed by atoms with Crippen molar-refractivity contribution < 1.29 is 28.8 Å². The van der Waals surface area contributed by atoms with Crippen molar-refractivity contribution in [3.8, 4) is 0 Å². The Hall–Kier alpha value is -4.48. The van der Waals surface area contributed by atoms with Crippen LogP contribution in [0.1, 0.15) is 91.2 Å². The minimum absolute atomic E-state index is 0.0778. The molecule has 0 bridgehead atoms. The zero-order valence-corrected chi connectivity index (χ0v) is 32.5. The van der Waals surface area contributed by atoms with E-state index in [1.165, 1.54) is 6.08 Å². The van der Waals surface area contributed by atoms with E-state index in [2.05, 4.69) is 27.8 Å². The van der Waals surface area contributed by atoms with Gasteiger partial charge in [0.2, 0.25) is 23.5 Å². The number of hydrogen-bond acceptors (Lipinski definition) is 6. The van der Waals surface area contributed by atoms with E-state index >= 15 is 0 Å². The van der Waals surface area contributed by atoms with Gasteiger partial charge in [-0.1, -0.05) is 76.1 Å². The first kappa shape index (κ1) is 41.3. The van der Waals surface area contributed by atoms with E-state index in [0.29, 0.717) is 45.2 Å². The number of urea groups is 1. The van der Waals surface area contributed by atoms with Crippen molar-refractivity contribution in [3.05, 3.63) is 59.7 Å². The Morgan fingerprint density at radius 2 is 1.66 bits per heavy atom. The summed E-state index contributed by atoms with van der Waals surface area (Å²) < 4.78 is 0. The van der Waals surface area contributed by atoms with Crippen molar-refractivity contribution in [1.82, 2.24) is 31.1 Å². The van der Waals surface area contributed by atoms with E-state index in [-0.39, 0.29) is 54.6 Å². The number of amides is 6. The number of rotatable bonds is 15. The quantitative estimate of drug-likeness (QED) is 0.159. The van der Waals surface area contributed by atoms with Crippen molar-refractivity contribution in [3.63, 3.8) is 0 Å². The molecule has 0 aromatic heterocycles. The number of ketones is 1. The Morgan fingerprint density at radius 1 is 0.981 bits per heavy atom. The molecule has 1 aliphatic carbocycles. The molecule has 12 heteroatoms. The number of carbonyl (C=O) groups is 6. The van der Waals surface area contributed by atoms with Crippen LogP contribution in [0.15, 0.2) is 48.6 Å². The zero-order chi connectivity index (χ0) is 38.9. The summed E-state index contributed by atoms with van der Waals surface area (Å²) in [6.07, 6.45) is 8.18. The summed E-state index contributed by atoms with van der Waals surface area (Å²) in [7, 11) is 0. The molecule has 0 saturated carbocycles. The summed E-state index contributed by atoms with van der Waals surface area (Å²) in [6.45, 7) is 16.7. The molecule has 0 spiro atoms. The number of piperidine rings is 1. The van der Waals surface area contributed by atoms with Gasteiger partial charge in [0.25, 0.3) is 5.91 Å². The van der Waals surface area contributed by atoms with Crippen LogP contribution in [0.3, 0.4) is 0 Å². The lowest BCUT2D eigenvalue weighted by Crippen LogP contribution is -2.61. The van der Waals surface area contributed by atoms with Crippen LogP contribution in [0.4, 0.5) is 4.79 Å². The molecule has 1 aromatic rings. The van der Waals surface area contributed by atoms with Gasteiger partial charge in [0.15, 0.2) is 0 Å². The molecule has 6 amide bonds. The van der Waals surface area contributed by atoms with Crippen molar-refractivity contribution in [2.75, 3.05) is 26.2 Å². The molecule has 290 valence electrons. The Kier molecular flexibility index (Phi) is 14.4. The fraction of sp³-hybridized carbons (Fsp3) is 0.610. The van der Waals surface area contributed by atoms with Crippen molar-refractivity contribution in [2.45, 2.75) is 117 Å². The summed E-state index contributed by atoms with van der Waals surface area (Å²) in [4.78, 5) is 84.9. The third kappa shape index (κ3) is 10.8. The van der Waals surface area contributed by atoms with Gasteiger partial charge < -0.3 is 31.1 Å². The summed E-state index contributed by atoms with van der Waals surface area (Å²) in [6, 6.07) is 4.13. The van der Waals surface area contributed by atoms with Crippen molar-refractivity contribution in [1.29, 1.82) is 0 Å². The first-order chi connectivity index (χ1) is 25.1. The monoisotopic (exact) mass is 732 g/mol. The zero-order valence-electron chi connectivity index (χ0n) is 32.5. The number of fused-ring (bicyclic) bond motifs is 1. The van der Waals surface area contributed by atoms with E-state index in [1.807, 2.05) is 76.8 Å². The topological polar surface area (TPSA) is 157 Å². The maximum Gasteiger partial charge on any atom is 0.315 e. The van der Waals surface area contributed by atoms with Crippen molar-refractivity contribution >= 4 is 35.4 Å². The second-order valence-electron chi connectivity index (χ2n) is 16.1. The number of carbonyl (C=O) groups excluding carboxylic acids is 6. The van der Waals surface area contributed by atoms with Crippen LogP contribution < -0.4 is 21.3 Å². The van der Waals surface area contributed by atoms with E-state index in [0.717, 1.165) is 29.5 Å². The number of benzene rings is 1. The lowest BCUT2D eigenvalue weighted by molar-refractivity contribution is -0.143. The normalized spacial score (nSPS) is 20.5. The highest BCUT2D eigenvalue weighted by atomic mass is 16.2. The summed E-state index contributed by atoms with van der Waals surface area (Å²) >= 11 is 0. The first-order valence-electron chi connectivity index (χ1n) is 19.2. The standard InChI is InChI=1S/C41H60N6O6/c1-8-14-31(36(49)38(51)42-19-9-2)43-37(50)35-29(22-26(3)4)18-21-47(35)39(52)34(30-23-27-15-10-11-16-28(27)24-30)45-40(53)44-32(41(5,6)7)25-46-20-13-12-17-33(46)48/h9-11,15-16,22,29-32,34-35H,2,8,12-14,17-21,23-25H2,1,3-7H3,(H,42,51)(H,43,50)(H2,44,45,53)/t29-,31?,32-,34+,35+/m1/s1. The van der Waals surface area contributed by atoms with Gasteiger partial charge in [0.1, 0.15) is 12.1 Å². The van der Waals surface area contributed by atoms with Crippen LogP contribution in [0.25, 0.3) is 0 Å². The highest BCUT2D eigenvalue weighted by molar-refractivity contribution is 6.38. The lowest BCUT2D eigenvalue weighted by Gasteiger charge is -2.38. The van der Waals surface area contributed by atoms with Crippen LogP contribution in [0.5, 0.6) is 0 Å². The molecule has 2 saturated heterocycles. The Labute approximate surface area is 314 Å². The molecule has 2 heterocycles. The van der Waals surface area contributed by atoms with Gasteiger partial charge >= 0.3 is 6.03 Å². The smallest absolute Gasteiger partial charge is 0.315 e. The molecule has 1 aromatic carbocycles. The number of hydrogen-bond donors (Lipinski definition) is 4. The number of allylic oxidation sites excluding steroid dienone is 1. The number of Topliss-reactive ketones (excluding diaryl/α,β-unsaturated/α-hetero) is 1. The minimum Gasteiger partial charge on any atom is -0.346 e. The number of nitrogens with zero attached hydrogens (tertiary/aromatic N) is 2. The van der Waals surface area contributed by atoms with Crippen LogP contribution in [-0.2, 0) is 36.8 Å². The first-order valence-corrected chi connectivity index (χ1v) is 19.2. The molecular formula is C41H60N6O6. The van der Waals surface area contributed by atoms with Crippen LogP contribution in [-0.4, -0.2) is 95.6 Å². The molecule has 1 unspecified atom stereocenters. The van der Waals surface area contributed by atoms with Gasteiger partial charge in [-0.25, -0.2) is 4.79 Å². The van der Waals surface area contributed by atoms with Gasteiger partial charge in [-0.15, -0.1) is 6.58 Å². The fourth-order valence-electron chi connectivity index (χ4n) is 7.77. The Morgan fingerprint density at radius 3 is 2.25 bits per heavy atom. The molecule has 53 heavy (non-hydrogen) atoms. The Balaban J connectivity index is 1.62. The summed E-state index contributed by atoms with van der Waals surface area (Å²) in [5, 5.41) is 11.5. The third-order valence-corrected chi connectivity index (χ3v) is 10.7. The maximum absolute atomic E-state index is 14.9. The second-order valence-corrected chi connectivity index (χ2v) is 16.1. The molecule has 5 atom stereocenters. The predicted octanol–water partition coefficient (Wildman–Crippen LogP) is 3.84. The SMILES string of the molecule is C=CCNC(=O)C(=O)C(CCC)NC(=O)[C@@H]1[C@@H](C=C(C)C)CCN1C(=O)[C@@H](NC(=O)N[C@H](CN1CCCCC1=O)C(C)(C)C)C1Cc2ccccc2C1. The lowest BCUT2D eigenvalue weighted by atomic mass is 9.86. The maximum atomic E-state index is 14.9. The molecular weight excluding hydrogens is 672 g/mol. The number of nitrogens with one attached hydrogen (secondary N) is 4. The van der Waals surface area contributed by atoms with E-state index in [1.54, 1.807) is 4.90 Å². The minimum atomic E-state index is -1.06. The molecule has 12 nitrogen and oxygen atoms in total. The van der Waals surface area contributed by atoms with Crippen LogP contribution in [0, 0.1) is 17.3 Å². The Bertz CT molecular complexity index is 1540. The van der Waals surface area contributed by atoms with E-state index < -0.39 is 41.8 Å². The average Bonchev–Trinajstić information content (AvgIpc) is 3.73. The van der Waals surface area contributed by atoms with E-state index in [9.17, 15) is 28.8 Å². The van der Waals surface area contributed by atoms with Gasteiger partial charge in [0.05, 0.1) is 12.1 Å². The highest BCUT2D eigenvalue weighted by Gasteiger charge is 2.46. The summed E-state index contributed by atoms with van der Waals surface area (Å²) in [5.41, 5.74) is 2.82. The third-order valence-electron chi connectivity index (χ3n) is 10.7. The van der Waals surface area contributed by atoms with Crippen molar-refractivity contribution in [2.24, 2.45) is 17.3 Å². The average molecular weight is 733 g/mol. The van der Waals surface area contributed by atoms with Crippen LogP contribution >= 0.6 is 0 Å². The molecule has 0 radical (unpaired) electrons. The second kappa shape index (κ2) is 18.5. The van der Waals surface area contributed by atoms with Gasteiger partial charge in [-0.3, -0.25) is 24.0 Å². The fourth-order valence-corrected chi connectivity index (χ4v) is 7.77. The summed E-state index contributed by atoms with van der Waals surface area (Å²) in [5.74, 6) is -2.97. The predicted molar refractivity (Wildman–Crippen MR) is 205 cm³/mol. The molecule has 4 N–H and O–H groups in total. The molecule has 2 aliphatic heterocycles. The largest absolute Gasteiger partial charge is 0.346 e.